The van der Waals surface area contributed by atoms with Crippen molar-refractivity contribution in [1.82, 2.24) is 14.0 Å². The molecule has 0 unspecified atom stereocenters. The first-order chi connectivity index (χ1) is 16.9. The van der Waals surface area contributed by atoms with E-state index in [0.29, 0.717) is 33.5 Å². The van der Waals surface area contributed by atoms with Crippen LogP contribution in [0, 0.1) is 5.82 Å². The predicted octanol–water partition coefficient (Wildman–Crippen LogP) is 3.88. The Morgan fingerprint density at radius 2 is 1.66 bits per heavy atom. The van der Waals surface area contributed by atoms with E-state index in [2.05, 4.69) is 15.0 Å². The van der Waals surface area contributed by atoms with Gasteiger partial charge in [0.2, 0.25) is 11.7 Å². The number of benzene rings is 3. The van der Waals surface area contributed by atoms with Crippen molar-refractivity contribution < 1.29 is 18.7 Å². The fraction of sp³-hybridized carbons (Fsp3) is 0.0769. The normalized spacial score (nSPS) is 11.0. The van der Waals surface area contributed by atoms with Gasteiger partial charge >= 0.3 is 5.97 Å². The minimum absolute atomic E-state index is 0.116. The average Bonchev–Trinajstić information content (AvgIpc) is 3.18. The van der Waals surface area contributed by atoms with Crippen LogP contribution in [-0.4, -0.2) is 32.9 Å². The van der Waals surface area contributed by atoms with Crippen molar-refractivity contribution in [3.8, 4) is 11.3 Å². The lowest BCUT2D eigenvalue weighted by atomic mass is 10.1. The number of rotatable bonds is 5. The number of carbonyl (C=O) groups is 2. The Bertz CT molecular complexity index is 1640. The molecule has 0 radical (unpaired) electrons. The molecule has 1 N–H and O–H groups in total. The highest BCUT2D eigenvalue weighted by atomic mass is 19.1. The van der Waals surface area contributed by atoms with Crippen molar-refractivity contribution in [3.05, 3.63) is 101 Å². The summed E-state index contributed by atoms with van der Waals surface area (Å²) in [4.78, 5) is 42.3. The fourth-order valence-electron chi connectivity index (χ4n) is 3.94. The molecule has 0 aliphatic heterocycles. The number of imidazole rings is 1. The van der Waals surface area contributed by atoms with Crippen LogP contribution in [0.4, 0.5) is 10.1 Å². The van der Waals surface area contributed by atoms with Crippen LogP contribution in [0.5, 0.6) is 0 Å². The van der Waals surface area contributed by atoms with Crippen molar-refractivity contribution in [2.75, 3.05) is 12.4 Å². The smallest absolute Gasteiger partial charge is 0.337 e. The number of halogens is 1. The molecule has 35 heavy (non-hydrogen) atoms. The van der Waals surface area contributed by atoms with E-state index in [0.717, 1.165) is 0 Å². The van der Waals surface area contributed by atoms with Crippen LogP contribution in [0.15, 0.2) is 83.7 Å². The topological polar surface area (TPSA) is 94.7 Å². The lowest BCUT2D eigenvalue weighted by Gasteiger charge is -2.09. The molecule has 0 aliphatic carbocycles. The highest BCUT2D eigenvalue weighted by Gasteiger charge is 2.17. The van der Waals surface area contributed by atoms with Gasteiger partial charge in [0.05, 0.1) is 29.4 Å². The SMILES string of the molecule is COC(=O)c1ccc(NC(=O)Cn2c3ccccc3n3c(=O)cc(-c4ccc(F)cc4)nc23)cc1. The Kier molecular flexibility index (Phi) is 5.58. The van der Waals surface area contributed by atoms with E-state index in [-0.39, 0.29) is 23.8 Å². The summed E-state index contributed by atoms with van der Waals surface area (Å²) in [6.45, 7) is -0.116. The Morgan fingerprint density at radius 1 is 0.971 bits per heavy atom. The number of hydrogen-bond acceptors (Lipinski definition) is 5. The van der Waals surface area contributed by atoms with Gasteiger partial charge in [-0.2, -0.15) is 0 Å². The molecular weight excluding hydrogens is 451 g/mol. The number of nitrogens with one attached hydrogen (secondary N) is 1. The van der Waals surface area contributed by atoms with Gasteiger partial charge < -0.3 is 14.6 Å². The van der Waals surface area contributed by atoms with Gasteiger partial charge in [0.15, 0.2) is 0 Å². The zero-order valence-electron chi connectivity index (χ0n) is 18.6. The predicted molar refractivity (Wildman–Crippen MR) is 129 cm³/mol. The van der Waals surface area contributed by atoms with Gasteiger partial charge in [-0.15, -0.1) is 0 Å². The van der Waals surface area contributed by atoms with Crippen LogP contribution in [0.1, 0.15) is 10.4 Å². The first-order valence-corrected chi connectivity index (χ1v) is 10.7. The van der Waals surface area contributed by atoms with Gasteiger partial charge in [0.25, 0.3) is 5.56 Å². The summed E-state index contributed by atoms with van der Waals surface area (Å²) in [5.41, 5.74) is 2.77. The lowest BCUT2D eigenvalue weighted by molar-refractivity contribution is -0.116. The molecule has 0 saturated heterocycles. The summed E-state index contributed by atoms with van der Waals surface area (Å²) in [5, 5.41) is 2.79. The number of carbonyl (C=O) groups excluding carboxylic acids is 2. The lowest BCUT2D eigenvalue weighted by Crippen LogP contribution is -2.20. The van der Waals surface area contributed by atoms with Crippen molar-refractivity contribution >= 4 is 34.4 Å². The second-order valence-corrected chi connectivity index (χ2v) is 7.81. The third-order valence-corrected chi connectivity index (χ3v) is 5.59. The second kappa shape index (κ2) is 8.86. The molecule has 5 rings (SSSR count). The Balaban J connectivity index is 1.54. The van der Waals surface area contributed by atoms with Crippen LogP contribution in [0.25, 0.3) is 28.1 Å². The zero-order valence-corrected chi connectivity index (χ0v) is 18.6. The van der Waals surface area contributed by atoms with E-state index in [1.165, 1.54) is 29.7 Å². The molecule has 0 spiro atoms. The Labute approximate surface area is 198 Å². The van der Waals surface area contributed by atoms with Crippen LogP contribution < -0.4 is 10.9 Å². The van der Waals surface area contributed by atoms with Crippen molar-refractivity contribution in [3.63, 3.8) is 0 Å². The summed E-state index contributed by atoms with van der Waals surface area (Å²) in [6.07, 6.45) is 0. The molecule has 0 atom stereocenters. The molecule has 174 valence electrons. The molecule has 0 aliphatic rings. The fourth-order valence-corrected chi connectivity index (χ4v) is 3.94. The van der Waals surface area contributed by atoms with Gasteiger partial charge in [0.1, 0.15) is 12.4 Å². The van der Waals surface area contributed by atoms with Gasteiger partial charge in [0, 0.05) is 17.3 Å². The molecule has 2 heterocycles. The number of esters is 1. The number of ether oxygens (including phenoxy) is 1. The van der Waals surface area contributed by atoms with Crippen LogP contribution in [0.3, 0.4) is 0 Å². The summed E-state index contributed by atoms with van der Waals surface area (Å²) in [5.74, 6) is -0.923. The van der Waals surface area contributed by atoms with Crippen molar-refractivity contribution in [2.24, 2.45) is 0 Å². The highest BCUT2D eigenvalue weighted by Crippen LogP contribution is 2.22. The standard InChI is InChI=1S/C26H19FN4O4/c1-35-25(34)17-8-12-19(13-9-17)28-23(32)15-30-21-4-2-3-5-22(21)31-24(33)14-20(29-26(30)31)16-6-10-18(27)11-7-16/h2-14H,15H2,1H3,(H,28,32). The summed E-state index contributed by atoms with van der Waals surface area (Å²) < 4.78 is 21.2. The molecule has 0 fully saturated rings. The molecule has 3 aromatic carbocycles. The number of hydrogen-bond donors (Lipinski definition) is 1. The van der Waals surface area contributed by atoms with Gasteiger partial charge in [-0.3, -0.25) is 9.59 Å². The summed E-state index contributed by atoms with van der Waals surface area (Å²) in [6, 6.07) is 20.6. The van der Waals surface area contributed by atoms with Crippen LogP contribution >= 0.6 is 0 Å². The molecule has 5 aromatic rings. The number of para-hydroxylation sites is 2. The van der Waals surface area contributed by atoms with E-state index < -0.39 is 11.8 Å². The van der Waals surface area contributed by atoms with E-state index in [1.54, 1.807) is 59.2 Å². The van der Waals surface area contributed by atoms with Gasteiger partial charge in [-0.1, -0.05) is 12.1 Å². The third-order valence-electron chi connectivity index (χ3n) is 5.59. The second-order valence-electron chi connectivity index (χ2n) is 7.81. The first-order valence-electron chi connectivity index (χ1n) is 10.7. The zero-order chi connectivity index (χ0) is 24.5. The number of aromatic nitrogens is 3. The number of methoxy groups -OCH3 is 1. The average molecular weight is 470 g/mol. The molecule has 0 saturated carbocycles. The molecule has 9 heteroatoms. The summed E-state index contributed by atoms with van der Waals surface area (Å²) >= 11 is 0. The van der Waals surface area contributed by atoms with E-state index in [9.17, 15) is 18.8 Å². The number of fused-ring (bicyclic) bond motifs is 3. The van der Waals surface area contributed by atoms with Crippen LogP contribution in [0.2, 0.25) is 0 Å². The number of nitrogens with zero attached hydrogens (tertiary/aromatic N) is 3. The van der Waals surface area contributed by atoms with Crippen molar-refractivity contribution in [2.45, 2.75) is 6.54 Å². The van der Waals surface area contributed by atoms with Gasteiger partial charge in [-0.05, 0) is 60.7 Å². The maximum absolute atomic E-state index is 13.4. The quantitative estimate of drug-likeness (QED) is 0.394. The van der Waals surface area contributed by atoms with Crippen molar-refractivity contribution in [1.29, 1.82) is 0 Å². The molecule has 0 bridgehead atoms. The van der Waals surface area contributed by atoms with Crippen LogP contribution in [-0.2, 0) is 16.1 Å². The first kappa shape index (κ1) is 22.0. The monoisotopic (exact) mass is 470 g/mol. The third kappa shape index (κ3) is 4.15. The largest absolute Gasteiger partial charge is 0.465 e. The minimum atomic E-state index is -0.471. The van der Waals surface area contributed by atoms with E-state index in [4.69, 9.17) is 0 Å². The maximum Gasteiger partial charge on any atom is 0.337 e. The Morgan fingerprint density at radius 3 is 2.34 bits per heavy atom. The summed E-state index contributed by atoms with van der Waals surface area (Å²) in [7, 11) is 1.30. The highest BCUT2D eigenvalue weighted by molar-refractivity contribution is 5.94. The molecular formula is C26H19FN4O4. The van der Waals surface area contributed by atoms with E-state index >= 15 is 0 Å². The minimum Gasteiger partial charge on any atom is -0.465 e. The van der Waals surface area contributed by atoms with Gasteiger partial charge in [-0.25, -0.2) is 18.6 Å². The number of amides is 1. The molecule has 1 amide bonds. The van der Waals surface area contributed by atoms with E-state index in [1.807, 2.05) is 6.07 Å². The number of anilines is 1. The molecule has 8 nitrogen and oxygen atoms in total. The maximum atomic E-state index is 13.4. The molecule has 2 aromatic heterocycles. The Hall–Kier alpha value is -4.79.